The molecule has 1 aliphatic rings. The van der Waals surface area contributed by atoms with Gasteiger partial charge in [0.05, 0.1) is 5.69 Å². The molecular formula is C18H19N5O2. The average Bonchev–Trinajstić information content (AvgIpc) is 3.31. The monoisotopic (exact) mass is 337 g/mol. The standard InChI is InChI=1S/C18H19N5O2/c1-12-10-16(13(2)22(12)14-8-9-14)17(24)11-21-18(25)23(20-19-21)15-6-4-3-5-7-15/h3-7,10,14H,8-9,11H2,1-2H3. The van der Waals surface area contributed by atoms with Crippen molar-refractivity contribution in [2.24, 2.45) is 0 Å². The fourth-order valence-electron chi connectivity index (χ4n) is 3.28. The van der Waals surface area contributed by atoms with Gasteiger partial charge in [-0.25, -0.2) is 4.79 Å². The molecule has 1 aromatic carbocycles. The summed E-state index contributed by atoms with van der Waals surface area (Å²) in [7, 11) is 0. The maximum atomic E-state index is 12.7. The van der Waals surface area contributed by atoms with Crippen molar-refractivity contribution in [3.8, 4) is 5.69 Å². The lowest BCUT2D eigenvalue weighted by Gasteiger charge is -2.07. The minimum absolute atomic E-state index is 0.110. The Morgan fingerprint density at radius 3 is 2.56 bits per heavy atom. The Morgan fingerprint density at radius 1 is 1.16 bits per heavy atom. The van der Waals surface area contributed by atoms with E-state index >= 15 is 0 Å². The van der Waals surface area contributed by atoms with Crippen LogP contribution in [0.1, 0.15) is 40.6 Å². The molecule has 1 fully saturated rings. The van der Waals surface area contributed by atoms with E-state index in [1.54, 1.807) is 12.1 Å². The van der Waals surface area contributed by atoms with Crippen LogP contribution < -0.4 is 5.69 Å². The van der Waals surface area contributed by atoms with Gasteiger partial charge in [-0.2, -0.15) is 9.36 Å². The lowest BCUT2D eigenvalue weighted by molar-refractivity contribution is 0.0965. The summed E-state index contributed by atoms with van der Waals surface area (Å²) >= 11 is 0. The van der Waals surface area contributed by atoms with Crippen LogP contribution in [0.2, 0.25) is 0 Å². The summed E-state index contributed by atoms with van der Waals surface area (Å²) in [6.07, 6.45) is 2.32. The number of aryl methyl sites for hydroxylation is 1. The summed E-state index contributed by atoms with van der Waals surface area (Å²) in [6, 6.07) is 11.5. The SMILES string of the molecule is Cc1cc(C(=O)Cn2nnn(-c3ccccc3)c2=O)c(C)n1C1CC1. The number of Topliss-reactive ketones (excluding diaryl/α,β-unsaturated/α-hetero) is 1. The predicted molar refractivity (Wildman–Crippen MR) is 92.1 cm³/mol. The van der Waals surface area contributed by atoms with Crippen molar-refractivity contribution in [1.29, 1.82) is 0 Å². The number of hydrogen-bond donors (Lipinski definition) is 0. The molecule has 0 bridgehead atoms. The summed E-state index contributed by atoms with van der Waals surface area (Å²) in [4.78, 5) is 25.1. The molecule has 0 radical (unpaired) electrons. The number of rotatable bonds is 5. The molecule has 0 N–H and O–H groups in total. The first-order valence-corrected chi connectivity index (χ1v) is 8.36. The zero-order valence-corrected chi connectivity index (χ0v) is 14.2. The smallest absolute Gasteiger partial charge is 0.345 e. The van der Waals surface area contributed by atoms with E-state index in [1.807, 2.05) is 38.1 Å². The minimum atomic E-state index is -0.421. The summed E-state index contributed by atoms with van der Waals surface area (Å²) in [5.74, 6) is -0.123. The number of aromatic nitrogens is 5. The minimum Gasteiger partial charge on any atom is -0.345 e. The van der Waals surface area contributed by atoms with Crippen LogP contribution in [0, 0.1) is 13.8 Å². The molecule has 0 amide bonds. The quantitative estimate of drug-likeness (QED) is 0.668. The third-order valence-electron chi connectivity index (χ3n) is 4.63. The normalized spacial score (nSPS) is 14.0. The molecule has 0 spiro atoms. The predicted octanol–water partition coefficient (Wildman–Crippen LogP) is 2.07. The van der Waals surface area contributed by atoms with Crippen molar-refractivity contribution in [1.82, 2.24) is 24.4 Å². The lowest BCUT2D eigenvalue weighted by Crippen LogP contribution is -2.27. The van der Waals surface area contributed by atoms with Gasteiger partial charge in [-0.05, 0) is 55.3 Å². The molecule has 1 saturated carbocycles. The highest BCUT2D eigenvalue weighted by molar-refractivity contribution is 5.97. The Labute approximate surface area is 144 Å². The Bertz CT molecular complexity index is 992. The van der Waals surface area contributed by atoms with Crippen LogP contribution in [0.15, 0.2) is 41.2 Å². The molecule has 7 nitrogen and oxygen atoms in total. The van der Waals surface area contributed by atoms with Gasteiger partial charge in [0.15, 0.2) is 5.78 Å². The summed E-state index contributed by atoms with van der Waals surface area (Å²) in [6.45, 7) is 3.86. The van der Waals surface area contributed by atoms with Crippen molar-refractivity contribution >= 4 is 5.78 Å². The van der Waals surface area contributed by atoms with Crippen LogP contribution in [-0.2, 0) is 6.54 Å². The number of benzene rings is 1. The van der Waals surface area contributed by atoms with E-state index in [9.17, 15) is 9.59 Å². The van der Waals surface area contributed by atoms with E-state index in [4.69, 9.17) is 0 Å². The van der Waals surface area contributed by atoms with Gasteiger partial charge < -0.3 is 4.57 Å². The van der Waals surface area contributed by atoms with Crippen molar-refractivity contribution in [2.75, 3.05) is 0 Å². The maximum Gasteiger partial charge on any atom is 0.368 e. The molecule has 0 aliphatic heterocycles. The van der Waals surface area contributed by atoms with Crippen molar-refractivity contribution in [3.05, 3.63) is 63.8 Å². The van der Waals surface area contributed by atoms with Crippen molar-refractivity contribution < 1.29 is 4.79 Å². The molecular weight excluding hydrogens is 318 g/mol. The summed E-state index contributed by atoms with van der Waals surface area (Å²) in [5, 5.41) is 7.73. The zero-order valence-electron chi connectivity index (χ0n) is 14.2. The highest BCUT2D eigenvalue weighted by Gasteiger charge is 2.28. The van der Waals surface area contributed by atoms with Gasteiger partial charge in [-0.3, -0.25) is 4.79 Å². The molecule has 0 atom stereocenters. The van der Waals surface area contributed by atoms with E-state index in [1.165, 1.54) is 4.68 Å². The van der Waals surface area contributed by atoms with Gasteiger partial charge >= 0.3 is 5.69 Å². The van der Waals surface area contributed by atoms with Crippen LogP contribution in [0.25, 0.3) is 5.69 Å². The molecule has 4 rings (SSSR count). The average molecular weight is 337 g/mol. The molecule has 1 aliphatic carbocycles. The van der Waals surface area contributed by atoms with Gasteiger partial charge in [0, 0.05) is 23.0 Å². The van der Waals surface area contributed by atoms with Crippen molar-refractivity contribution in [3.63, 3.8) is 0 Å². The molecule has 7 heteroatoms. The number of para-hydroxylation sites is 1. The Morgan fingerprint density at radius 2 is 1.88 bits per heavy atom. The van der Waals surface area contributed by atoms with Gasteiger partial charge in [0.1, 0.15) is 6.54 Å². The van der Waals surface area contributed by atoms with Gasteiger partial charge in [0.25, 0.3) is 0 Å². The first-order valence-electron chi connectivity index (χ1n) is 8.36. The number of carbonyl (C=O) groups is 1. The van der Waals surface area contributed by atoms with E-state index in [0.29, 0.717) is 17.3 Å². The Hall–Kier alpha value is -2.96. The molecule has 2 aromatic heterocycles. The van der Waals surface area contributed by atoms with Gasteiger partial charge in [0.2, 0.25) is 0 Å². The van der Waals surface area contributed by atoms with Crippen LogP contribution in [0.3, 0.4) is 0 Å². The topological polar surface area (TPSA) is 74.7 Å². The van der Waals surface area contributed by atoms with Crippen molar-refractivity contribution in [2.45, 2.75) is 39.3 Å². The summed E-state index contributed by atoms with van der Waals surface area (Å²) < 4.78 is 4.52. The van der Waals surface area contributed by atoms with E-state index in [0.717, 1.165) is 28.9 Å². The van der Waals surface area contributed by atoms with Crippen LogP contribution in [0.4, 0.5) is 0 Å². The highest BCUT2D eigenvalue weighted by atomic mass is 16.2. The molecule has 25 heavy (non-hydrogen) atoms. The van der Waals surface area contributed by atoms with E-state index in [-0.39, 0.29) is 12.3 Å². The number of carbonyl (C=O) groups excluding carboxylic acids is 1. The molecule has 0 unspecified atom stereocenters. The lowest BCUT2D eigenvalue weighted by atomic mass is 10.1. The number of nitrogens with zero attached hydrogens (tertiary/aromatic N) is 5. The number of tetrazole rings is 1. The highest BCUT2D eigenvalue weighted by Crippen LogP contribution is 2.38. The largest absolute Gasteiger partial charge is 0.368 e. The molecule has 128 valence electrons. The number of ketones is 1. The van der Waals surface area contributed by atoms with E-state index in [2.05, 4.69) is 15.0 Å². The van der Waals surface area contributed by atoms with Crippen LogP contribution in [-0.4, -0.2) is 30.1 Å². The Kier molecular flexibility index (Phi) is 3.63. The number of hydrogen-bond acceptors (Lipinski definition) is 4. The second-order valence-corrected chi connectivity index (χ2v) is 6.48. The van der Waals surface area contributed by atoms with Crippen LogP contribution in [0.5, 0.6) is 0 Å². The molecule has 3 aromatic rings. The fourth-order valence-corrected chi connectivity index (χ4v) is 3.28. The Balaban J connectivity index is 1.61. The second-order valence-electron chi connectivity index (χ2n) is 6.48. The first kappa shape index (κ1) is 15.6. The summed E-state index contributed by atoms with van der Waals surface area (Å²) in [5.41, 5.74) is 2.91. The third-order valence-corrected chi connectivity index (χ3v) is 4.63. The van der Waals surface area contributed by atoms with E-state index < -0.39 is 5.69 Å². The van der Waals surface area contributed by atoms with Crippen LogP contribution >= 0.6 is 0 Å². The molecule has 2 heterocycles. The van der Waals surface area contributed by atoms with Gasteiger partial charge in [-0.15, -0.1) is 0 Å². The van der Waals surface area contributed by atoms with Gasteiger partial charge in [-0.1, -0.05) is 18.2 Å². The fraction of sp³-hybridized carbons (Fsp3) is 0.333. The molecule has 0 saturated heterocycles. The first-order chi connectivity index (χ1) is 12.1. The zero-order chi connectivity index (χ0) is 17.6. The third kappa shape index (κ3) is 2.71. The maximum absolute atomic E-state index is 12.7. The second kappa shape index (κ2) is 5.84.